The van der Waals surface area contributed by atoms with Crippen LogP contribution in [-0.4, -0.2) is 31.3 Å². The van der Waals surface area contributed by atoms with E-state index in [2.05, 4.69) is 4.74 Å². The third kappa shape index (κ3) is 4.69. The fraction of sp³-hybridized carbons (Fsp3) is 0.417. The first-order valence-corrected chi connectivity index (χ1v) is 5.49. The number of halogens is 7. The lowest BCUT2D eigenvalue weighted by atomic mass is 10.0. The van der Waals surface area contributed by atoms with Crippen molar-refractivity contribution in [3.8, 4) is 0 Å². The first-order valence-electron chi connectivity index (χ1n) is 5.49. The van der Waals surface area contributed by atoms with Crippen LogP contribution >= 0.6 is 0 Å². The molecule has 1 aromatic rings. The van der Waals surface area contributed by atoms with Gasteiger partial charge in [0.05, 0.1) is 5.56 Å². The molecule has 0 bridgehead atoms. The highest BCUT2D eigenvalue weighted by molar-refractivity contribution is 5.98. The summed E-state index contributed by atoms with van der Waals surface area (Å²) in [6.07, 6.45) is -8.80. The molecular weight excluding hydrogens is 309 g/mol. The van der Waals surface area contributed by atoms with Crippen LogP contribution in [0.4, 0.5) is 30.7 Å². The van der Waals surface area contributed by atoms with E-state index in [1.54, 1.807) is 0 Å². The van der Waals surface area contributed by atoms with E-state index in [4.69, 9.17) is 0 Å². The third-order valence-corrected chi connectivity index (χ3v) is 2.38. The lowest BCUT2D eigenvalue weighted by Crippen LogP contribution is -2.33. The molecule has 0 unspecified atom stereocenters. The summed E-state index contributed by atoms with van der Waals surface area (Å²) in [5.41, 5.74) is -2.02. The van der Waals surface area contributed by atoms with Crippen LogP contribution < -0.4 is 0 Å². The van der Waals surface area contributed by atoms with Crippen molar-refractivity contribution in [1.82, 2.24) is 0 Å². The van der Waals surface area contributed by atoms with Gasteiger partial charge in [0.15, 0.2) is 5.78 Å². The number of rotatable bonds is 6. The standard InChI is InChI=1S/C12H9F7O2/c13-10(14)11(15,16)6-21-5-9(20)7-3-1-2-4-8(7)12(17,18)19/h1-4,10H,5-6H2. The number of Topliss-reactive ketones (excluding diaryl/α,β-unsaturated/α-hetero) is 1. The smallest absolute Gasteiger partial charge is 0.367 e. The molecule has 0 N–H and O–H groups in total. The molecule has 0 aliphatic heterocycles. The van der Waals surface area contributed by atoms with E-state index in [9.17, 15) is 35.5 Å². The lowest BCUT2D eigenvalue weighted by molar-refractivity contribution is -0.163. The zero-order valence-corrected chi connectivity index (χ0v) is 10.3. The summed E-state index contributed by atoms with van der Waals surface area (Å²) < 4.78 is 90.6. The second kappa shape index (κ2) is 6.42. The number of ether oxygens (including phenoxy) is 1. The van der Waals surface area contributed by atoms with Crippen molar-refractivity contribution in [1.29, 1.82) is 0 Å². The van der Waals surface area contributed by atoms with Gasteiger partial charge in [-0.1, -0.05) is 18.2 Å². The van der Waals surface area contributed by atoms with E-state index in [1.165, 1.54) is 0 Å². The van der Waals surface area contributed by atoms with E-state index >= 15 is 0 Å². The predicted molar refractivity (Wildman–Crippen MR) is 57.5 cm³/mol. The zero-order valence-electron chi connectivity index (χ0n) is 10.3. The molecule has 0 radical (unpaired) electrons. The zero-order chi connectivity index (χ0) is 16.3. The second-order valence-corrected chi connectivity index (χ2v) is 4.02. The highest BCUT2D eigenvalue weighted by Crippen LogP contribution is 2.32. The van der Waals surface area contributed by atoms with Crippen molar-refractivity contribution in [3.05, 3.63) is 35.4 Å². The summed E-state index contributed by atoms with van der Waals surface area (Å²) in [5, 5.41) is 0. The first-order chi connectivity index (χ1) is 9.55. The Morgan fingerprint density at radius 3 is 2.19 bits per heavy atom. The molecule has 0 aliphatic rings. The van der Waals surface area contributed by atoms with Gasteiger partial charge in [-0.05, 0) is 6.07 Å². The van der Waals surface area contributed by atoms with Crippen molar-refractivity contribution in [2.45, 2.75) is 18.5 Å². The first kappa shape index (κ1) is 17.4. The molecule has 0 aromatic heterocycles. The summed E-state index contributed by atoms with van der Waals surface area (Å²) in [5.74, 6) is -5.70. The molecule has 0 fully saturated rings. The van der Waals surface area contributed by atoms with E-state index in [-0.39, 0.29) is 0 Å². The van der Waals surface area contributed by atoms with Gasteiger partial charge >= 0.3 is 18.5 Å². The predicted octanol–water partition coefficient (Wildman–Crippen LogP) is 3.81. The monoisotopic (exact) mass is 318 g/mol. The molecule has 1 aromatic carbocycles. The molecule has 9 heteroatoms. The van der Waals surface area contributed by atoms with E-state index in [0.717, 1.165) is 18.2 Å². The number of benzene rings is 1. The van der Waals surface area contributed by atoms with Gasteiger partial charge in [-0.25, -0.2) is 8.78 Å². The van der Waals surface area contributed by atoms with Gasteiger partial charge in [0.25, 0.3) is 0 Å². The van der Waals surface area contributed by atoms with E-state index in [1.807, 2.05) is 0 Å². The van der Waals surface area contributed by atoms with Crippen LogP contribution in [0.25, 0.3) is 0 Å². The summed E-state index contributed by atoms with van der Waals surface area (Å²) >= 11 is 0. The molecule has 0 saturated heterocycles. The maximum Gasteiger partial charge on any atom is 0.417 e. The van der Waals surface area contributed by atoms with Gasteiger partial charge in [0, 0.05) is 5.56 Å². The van der Waals surface area contributed by atoms with Crippen molar-refractivity contribution in [2.75, 3.05) is 13.2 Å². The Labute approximate surface area is 114 Å². The van der Waals surface area contributed by atoms with Crippen molar-refractivity contribution < 1.29 is 40.3 Å². The molecule has 0 amide bonds. The van der Waals surface area contributed by atoms with Crippen molar-refractivity contribution >= 4 is 5.78 Å². The summed E-state index contributed by atoms with van der Waals surface area (Å²) in [6, 6.07) is 3.68. The maximum absolute atomic E-state index is 12.6. The van der Waals surface area contributed by atoms with Crippen LogP contribution in [0, 0.1) is 0 Å². The van der Waals surface area contributed by atoms with Gasteiger partial charge in [0.2, 0.25) is 0 Å². The maximum atomic E-state index is 12.6. The van der Waals surface area contributed by atoms with Crippen molar-refractivity contribution in [3.63, 3.8) is 0 Å². The minimum absolute atomic E-state index is 0.640. The molecule has 0 atom stereocenters. The van der Waals surface area contributed by atoms with E-state index < -0.39 is 48.6 Å². The quantitative estimate of drug-likeness (QED) is 0.589. The molecule has 0 heterocycles. The Kier molecular flexibility index (Phi) is 5.32. The normalized spacial score (nSPS) is 12.8. The molecule has 118 valence electrons. The van der Waals surface area contributed by atoms with Crippen LogP contribution in [0.3, 0.4) is 0 Å². The van der Waals surface area contributed by atoms with Crippen molar-refractivity contribution in [2.24, 2.45) is 0 Å². The molecule has 0 saturated carbocycles. The molecular formula is C12H9F7O2. The fourth-order valence-corrected chi connectivity index (χ4v) is 1.39. The van der Waals surface area contributed by atoms with Crippen LogP contribution in [0.15, 0.2) is 24.3 Å². The van der Waals surface area contributed by atoms with Crippen LogP contribution in [-0.2, 0) is 10.9 Å². The molecule has 21 heavy (non-hydrogen) atoms. The average Bonchev–Trinajstić information content (AvgIpc) is 2.37. The molecule has 2 nitrogen and oxygen atoms in total. The van der Waals surface area contributed by atoms with Gasteiger partial charge in [-0.3, -0.25) is 4.79 Å². The summed E-state index contributed by atoms with van der Waals surface area (Å²) in [4.78, 5) is 11.5. The average molecular weight is 318 g/mol. The SMILES string of the molecule is O=C(COCC(F)(F)C(F)F)c1ccccc1C(F)(F)F. The number of carbonyl (C=O) groups excluding carboxylic acids is 1. The fourth-order valence-electron chi connectivity index (χ4n) is 1.39. The number of hydrogen-bond donors (Lipinski definition) is 0. The summed E-state index contributed by atoms with van der Waals surface area (Å²) in [7, 11) is 0. The molecule has 1 rings (SSSR count). The molecule has 0 aliphatic carbocycles. The van der Waals surface area contributed by atoms with Gasteiger partial charge in [-0.15, -0.1) is 0 Å². The minimum Gasteiger partial charge on any atom is -0.367 e. The van der Waals surface area contributed by atoms with Gasteiger partial charge < -0.3 is 4.74 Å². The Morgan fingerprint density at radius 2 is 1.67 bits per heavy atom. The minimum atomic E-state index is -4.81. The molecule has 0 spiro atoms. The lowest BCUT2D eigenvalue weighted by Gasteiger charge is -2.15. The summed E-state index contributed by atoms with van der Waals surface area (Å²) in [6.45, 7) is -2.92. The Bertz CT molecular complexity index is 497. The van der Waals surface area contributed by atoms with Gasteiger partial charge in [-0.2, -0.15) is 22.0 Å². The highest BCUT2D eigenvalue weighted by atomic mass is 19.4. The number of hydrogen-bond acceptors (Lipinski definition) is 2. The van der Waals surface area contributed by atoms with Crippen LogP contribution in [0.1, 0.15) is 15.9 Å². The van der Waals surface area contributed by atoms with Crippen LogP contribution in [0.2, 0.25) is 0 Å². The number of alkyl halides is 7. The number of carbonyl (C=O) groups is 1. The second-order valence-electron chi connectivity index (χ2n) is 4.02. The van der Waals surface area contributed by atoms with E-state index in [0.29, 0.717) is 6.07 Å². The van der Waals surface area contributed by atoms with Crippen LogP contribution in [0.5, 0.6) is 0 Å². The van der Waals surface area contributed by atoms with Gasteiger partial charge in [0.1, 0.15) is 13.2 Å². The third-order valence-electron chi connectivity index (χ3n) is 2.38. The Balaban J connectivity index is 2.74. The Morgan fingerprint density at radius 1 is 1.10 bits per heavy atom. The highest BCUT2D eigenvalue weighted by Gasteiger charge is 2.41. The topological polar surface area (TPSA) is 26.3 Å². The largest absolute Gasteiger partial charge is 0.417 e. The number of ketones is 1. The Hall–Kier alpha value is -1.64.